The van der Waals surface area contributed by atoms with E-state index in [9.17, 15) is 9.59 Å². The summed E-state index contributed by atoms with van der Waals surface area (Å²) in [5, 5.41) is 2.85. The highest BCUT2D eigenvalue weighted by Crippen LogP contribution is 2.43. The molecule has 0 heterocycles. The molecule has 21 heavy (non-hydrogen) atoms. The van der Waals surface area contributed by atoms with Crippen molar-refractivity contribution in [2.75, 3.05) is 6.54 Å². The van der Waals surface area contributed by atoms with Crippen molar-refractivity contribution in [2.24, 2.45) is 17.3 Å². The highest BCUT2D eigenvalue weighted by molar-refractivity contribution is 5.99. The maximum Gasteiger partial charge on any atom is 0.224 e. The predicted molar refractivity (Wildman–Crippen MR) is 84.1 cm³/mol. The summed E-state index contributed by atoms with van der Waals surface area (Å²) in [6.45, 7) is 6.55. The van der Waals surface area contributed by atoms with Gasteiger partial charge in [-0.2, -0.15) is 0 Å². The fourth-order valence-electron chi connectivity index (χ4n) is 3.59. The van der Waals surface area contributed by atoms with E-state index in [-0.39, 0.29) is 29.6 Å². The molecule has 3 heteroatoms. The minimum Gasteiger partial charge on any atom is -0.348 e. The van der Waals surface area contributed by atoms with Gasteiger partial charge in [-0.1, -0.05) is 57.5 Å². The third-order valence-corrected chi connectivity index (χ3v) is 4.69. The second kappa shape index (κ2) is 6.42. The second-order valence-corrected chi connectivity index (χ2v) is 6.84. The van der Waals surface area contributed by atoms with Gasteiger partial charge < -0.3 is 5.32 Å². The van der Waals surface area contributed by atoms with Crippen LogP contribution in [-0.4, -0.2) is 18.2 Å². The van der Waals surface area contributed by atoms with Crippen molar-refractivity contribution in [2.45, 2.75) is 40.0 Å². The minimum absolute atomic E-state index is 0.00479. The number of amides is 1. The van der Waals surface area contributed by atoms with Crippen LogP contribution in [0, 0.1) is 17.3 Å². The quantitative estimate of drug-likeness (QED) is 0.862. The molecule has 1 aliphatic rings. The van der Waals surface area contributed by atoms with Gasteiger partial charge in [-0.25, -0.2) is 0 Å². The zero-order chi connectivity index (χ0) is 15.5. The molecule has 1 aromatic carbocycles. The maximum absolute atomic E-state index is 12.5. The Morgan fingerprint density at radius 3 is 2.52 bits per heavy atom. The highest BCUT2D eigenvalue weighted by atomic mass is 16.2. The Hall–Kier alpha value is -1.64. The number of hydrogen-bond donors (Lipinski definition) is 1. The van der Waals surface area contributed by atoms with Gasteiger partial charge in [-0.3, -0.25) is 9.59 Å². The molecule has 114 valence electrons. The topological polar surface area (TPSA) is 46.2 Å². The lowest BCUT2D eigenvalue weighted by atomic mass is 9.64. The first kappa shape index (κ1) is 15.7. The van der Waals surface area contributed by atoms with E-state index in [2.05, 4.69) is 26.1 Å². The molecular weight excluding hydrogens is 262 g/mol. The van der Waals surface area contributed by atoms with Gasteiger partial charge in [-0.05, 0) is 24.2 Å². The van der Waals surface area contributed by atoms with Crippen molar-refractivity contribution in [3.05, 3.63) is 35.9 Å². The number of ketones is 1. The number of benzene rings is 1. The monoisotopic (exact) mass is 287 g/mol. The lowest BCUT2D eigenvalue weighted by Crippen LogP contribution is -2.46. The molecule has 2 rings (SSSR count). The molecule has 1 fully saturated rings. The van der Waals surface area contributed by atoms with Crippen molar-refractivity contribution in [1.29, 1.82) is 0 Å². The third-order valence-electron chi connectivity index (χ3n) is 4.69. The summed E-state index contributed by atoms with van der Waals surface area (Å²) in [7, 11) is 0. The summed E-state index contributed by atoms with van der Waals surface area (Å²) in [5.74, 6) is 0.358. The molecule has 0 aromatic heterocycles. The van der Waals surface area contributed by atoms with Gasteiger partial charge in [0.05, 0.1) is 6.54 Å². The summed E-state index contributed by atoms with van der Waals surface area (Å²) < 4.78 is 0. The van der Waals surface area contributed by atoms with Crippen molar-refractivity contribution in [1.82, 2.24) is 5.32 Å². The van der Waals surface area contributed by atoms with Crippen LogP contribution in [0.5, 0.6) is 0 Å². The van der Waals surface area contributed by atoms with Crippen molar-refractivity contribution in [3.8, 4) is 0 Å². The normalized spacial score (nSPS) is 24.3. The van der Waals surface area contributed by atoms with Gasteiger partial charge in [0.2, 0.25) is 5.91 Å². The van der Waals surface area contributed by atoms with E-state index in [0.717, 1.165) is 12.8 Å². The summed E-state index contributed by atoms with van der Waals surface area (Å²) in [6.07, 6.45) is 3.34. The Bertz CT molecular complexity index is 507. The molecule has 0 bridgehead atoms. The van der Waals surface area contributed by atoms with Crippen LogP contribution >= 0.6 is 0 Å². The summed E-state index contributed by atoms with van der Waals surface area (Å²) >= 11 is 0. The molecular formula is C18H25NO2. The van der Waals surface area contributed by atoms with E-state index < -0.39 is 0 Å². The number of carbonyl (C=O) groups excluding carboxylic acids is 2. The first-order chi connectivity index (χ1) is 9.92. The molecule has 2 atom stereocenters. The molecule has 1 saturated carbocycles. The molecule has 1 N–H and O–H groups in total. The Morgan fingerprint density at radius 1 is 1.24 bits per heavy atom. The van der Waals surface area contributed by atoms with E-state index in [1.54, 1.807) is 12.1 Å². The van der Waals surface area contributed by atoms with Crippen molar-refractivity contribution < 1.29 is 9.59 Å². The van der Waals surface area contributed by atoms with Crippen molar-refractivity contribution >= 4 is 11.7 Å². The Balaban J connectivity index is 1.96. The molecule has 0 saturated heterocycles. The lowest BCUT2D eigenvalue weighted by Gasteiger charge is -2.41. The summed E-state index contributed by atoms with van der Waals surface area (Å²) in [4.78, 5) is 24.6. The summed E-state index contributed by atoms with van der Waals surface area (Å²) in [6, 6.07) is 9.10. The molecule has 1 aliphatic carbocycles. The van der Waals surface area contributed by atoms with Gasteiger partial charge in [0, 0.05) is 11.5 Å². The number of carbonyl (C=O) groups is 2. The first-order valence-electron chi connectivity index (χ1n) is 7.78. The zero-order valence-electron chi connectivity index (χ0n) is 13.2. The van der Waals surface area contributed by atoms with E-state index in [1.807, 2.05) is 18.2 Å². The Labute approximate surface area is 127 Å². The molecule has 0 radical (unpaired) electrons. The van der Waals surface area contributed by atoms with Crippen LogP contribution < -0.4 is 5.32 Å². The predicted octanol–water partition coefficient (Wildman–Crippen LogP) is 3.45. The third kappa shape index (κ3) is 3.72. The van der Waals surface area contributed by atoms with Gasteiger partial charge in [-0.15, -0.1) is 0 Å². The van der Waals surface area contributed by atoms with Gasteiger partial charge in [0.25, 0.3) is 0 Å². The second-order valence-electron chi connectivity index (χ2n) is 6.84. The highest BCUT2D eigenvalue weighted by Gasteiger charge is 2.41. The van der Waals surface area contributed by atoms with Gasteiger partial charge in [0.1, 0.15) is 0 Å². The van der Waals surface area contributed by atoms with Gasteiger partial charge in [0.15, 0.2) is 5.78 Å². The van der Waals surface area contributed by atoms with Crippen LogP contribution in [0.15, 0.2) is 30.3 Å². The average molecular weight is 287 g/mol. The fraction of sp³-hybridized carbons (Fsp3) is 0.556. The number of hydrogen-bond acceptors (Lipinski definition) is 2. The maximum atomic E-state index is 12.5. The van der Waals surface area contributed by atoms with Crippen LogP contribution in [0.1, 0.15) is 50.4 Å². The van der Waals surface area contributed by atoms with E-state index in [0.29, 0.717) is 11.5 Å². The Kier molecular flexibility index (Phi) is 4.81. The van der Waals surface area contributed by atoms with E-state index in [4.69, 9.17) is 0 Å². The molecule has 3 nitrogen and oxygen atoms in total. The van der Waals surface area contributed by atoms with E-state index in [1.165, 1.54) is 6.42 Å². The smallest absolute Gasteiger partial charge is 0.224 e. The average Bonchev–Trinajstić information content (AvgIpc) is 2.44. The molecule has 0 unspecified atom stereocenters. The summed E-state index contributed by atoms with van der Waals surface area (Å²) in [5.41, 5.74) is 0.658. The molecule has 0 spiro atoms. The van der Waals surface area contributed by atoms with Gasteiger partial charge >= 0.3 is 0 Å². The standard InChI is InChI=1S/C18H25NO2/c1-13-8-7-11-18(2,3)16(13)17(21)19-12-15(20)14-9-5-4-6-10-14/h4-6,9-10,13,16H,7-8,11-12H2,1-3H3,(H,19,21)/t13-,16-/m0/s1. The largest absolute Gasteiger partial charge is 0.348 e. The molecule has 1 amide bonds. The number of Topliss-reactive ketones (excluding diaryl/α,β-unsaturated/α-hetero) is 1. The minimum atomic E-state index is -0.0368. The van der Waals surface area contributed by atoms with Crippen LogP contribution in [-0.2, 0) is 4.79 Å². The molecule has 1 aromatic rings. The lowest BCUT2D eigenvalue weighted by molar-refractivity contribution is -0.132. The van der Waals surface area contributed by atoms with Crippen molar-refractivity contribution in [3.63, 3.8) is 0 Å². The number of nitrogens with one attached hydrogen (secondary N) is 1. The van der Waals surface area contributed by atoms with Crippen LogP contribution in [0.3, 0.4) is 0 Å². The zero-order valence-corrected chi connectivity index (χ0v) is 13.2. The van der Waals surface area contributed by atoms with Crippen LogP contribution in [0.4, 0.5) is 0 Å². The molecule has 0 aliphatic heterocycles. The SMILES string of the molecule is C[C@H]1CCCC(C)(C)[C@@H]1C(=O)NCC(=O)c1ccccc1. The Morgan fingerprint density at radius 2 is 1.90 bits per heavy atom. The first-order valence-corrected chi connectivity index (χ1v) is 7.78. The van der Waals surface area contributed by atoms with E-state index >= 15 is 0 Å². The fourth-order valence-corrected chi connectivity index (χ4v) is 3.59. The number of rotatable bonds is 4. The van der Waals surface area contributed by atoms with Crippen LogP contribution in [0.2, 0.25) is 0 Å². The van der Waals surface area contributed by atoms with Crippen LogP contribution in [0.25, 0.3) is 0 Å².